The summed E-state index contributed by atoms with van der Waals surface area (Å²) in [5.74, 6) is 0. The van der Waals surface area contributed by atoms with Gasteiger partial charge in [0.1, 0.15) is 5.69 Å². The summed E-state index contributed by atoms with van der Waals surface area (Å²) >= 11 is 0. The Bertz CT molecular complexity index is 1980. The van der Waals surface area contributed by atoms with Gasteiger partial charge in [-0.15, -0.1) is 5.10 Å². The van der Waals surface area contributed by atoms with E-state index in [1.54, 1.807) is 4.68 Å². The van der Waals surface area contributed by atoms with Crippen molar-refractivity contribution < 1.29 is 61.9 Å². The first-order valence-corrected chi connectivity index (χ1v) is 24.3. The number of rotatable bonds is 43. The Labute approximate surface area is 413 Å². The van der Waals surface area contributed by atoms with E-state index >= 15 is 0 Å². The minimum atomic E-state index is 0.0200. The highest BCUT2D eigenvalue weighted by Crippen LogP contribution is 2.37. The first-order valence-electron chi connectivity index (χ1n) is 24.3. The number of hydrogen-bond acceptors (Lipinski definition) is 15. The number of aliphatic hydroxyl groups is 1. The normalized spacial score (nSPS) is 11.4. The van der Waals surface area contributed by atoms with Crippen molar-refractivity contribution in [3.63, 3.8) is 0 Å². The zero-order valence-corrected chi connectivity index (χ0v) is 40.6. The minimum absolute atomic E-state index is 0.0200. The fraction of sp³-hybridized carbons (Fsp3) is 0.481. The Morgan fingerprint density at radius 3 is 0.900 bits per heavy atom. The molecule has 0 bridgehead atoms. The van der Waals surface area contributed by atoms with Gasteiger partial charge in [-0.05, 0) is 33.4 Å². The van der Waals surface area contributed by atoms with E-state index in [2.05, 4.69) is 126 Å². The standard InChI is InChI=1S/C54H73N3O13/c58-21-23-60-25-27-62-29-31-64-33-35-66-37-39-68-41-43-70-45-44-69-42-40-67-38-36-65-34-32-63-30-28-61-26-24-59-22-20-57-46-52(55-56-57)47-16-18-51(19-17-47)54(50-14-8-3-9-15-50)53(48-10-4-1-5-11-48)49-12-6-2-7-13-49/h1-19,46,58H,20-45H2. The summed E-state index contributed by atoms with van der Waals surface area (Å²) in [7, 11) is 0. The molecule has 1 heterocycles. The lowest BCUT2D eigenvalue weighted by molar-refractivity contribution is -0.0286. The van der Waals surface area contributed by atoms with Crippen LogP contribution in [0, 0.1) is 0 Å². The lowest BCUT2D eigenvalue weighted by atomic mass is 9.85. The van der Waals surface area contributed by atoms with Crippen molar-refractivity contribution in [1.29, 1.82) is 0 Å². The third-order valence-corrected chi connectivity index (χ3v) is 10.2. The minimum Gasteiger partial charge on any atom is -0.394 e. The van der Waals surface area contributed by atoms with Crippen molar-refractivity contribution in [3.05, 3.63) is 144 Å². The molecule has 1 N–H and O–H groups in total. The number of aromatic nitrogens is 3. The lowest BCUT2D eigenvalue weighted by Gasteiger charge is -2.18. The maximum Gasteiger partial charge on any atom is 0.113 e. The van der Waals surface area contributed by atoms with Gasteiger partial charge >= 0.3 is 0 Å². The van der Waals surface area contributed by atoms with Gasteiger partial charge in [-0.1, -0.05) is 120 Å². The molecule has 0 atom stereocenters. The molecule has 5 rings (SSSR count). The van der Waals surface area contributed by atoms with Crippen molar-refractivity contribution in [2.75, 3.05) is 165 Å². The van der Waals surface area contributed by atoms with Crippen LogP contribution in [0.25, 0.3) is 22.4 Å². The average Bonchev–Trinajstić information content (AvgIpc) is 3.88. The molecule has 0 spiro atoms. The molecule has 0 saturated heterocycles. The van der Waals surface area contributed by atoms with Crippen molar-refractivity contribution in [3.8, 4) is 11.3 Å². The molecule has 4 aromatic carbocycles. The SMILES string of the molecule is OCCOCCOCCOCCOCCOCCOCCOCCOCCOCCOCCOCCOCCn1cc(-c2ccc(C(=C(c3ccccc3)c3ccccc3)c3ccccc3)cc2)nn1. The van der Waals surface area contributed by atoms with Crippen molar-refractivity contribution in [2.24, 2.45) is 0 Å². The van der Waals surface area contributed by atoms with Gasteiger partial charge < -0.3 is 61.9 Å². The Kier molecular flexibility index (Phi) is 30.5. The van der Waals surface area contributed by atoms with E-state index in [0.29, 0.717) is 165 Å². The number of hydrogen-bond donors (Lipinski definition) is 1. The van der Waals surface area contributed by atoms with Crippen LogP contribution in [0.5, 0.6) is 0 Å². The van der Waals surface area contributed by atoms with E-state index in [9.17, 15) is 0 Å². The Morgan fingerprint density at radius 2 is 0.600 bits per heavy atom. The third-order valence-electron chi connectivity index (χ3n) is 10.2. The number of benzene rings is 4. The Hall–Kier alpha value is -4.76. The predicted molar refractivity (Wildman–Crippen MR) is 267 cm³/mol. The molecule has 5 aromatic rings. The largest absolute Gasteiger partial charge is 0.394 e. The molecule has 0 aliphatic carbocycles. The highest BCUT2D eigenvalue weighted by molar-refractivity contribution is 6.04. The van der Waals surface area contributed by atoms with Crippen LogP contribution in [0.2, 0.25) is 0 Å². The van der Waals surface area contributed by atoms with Crippen LogP contribution < -0.4 is 0 Å². The van der Waals surface area contributed by atoms with Crippen LogP contribution in [0.1, 0.15) is 22.3 Å². The van der Waals surface area contributed by atoms with E-state index in [1.165, 1.54) is 11.1 Å². The second-order valence-corrected chi connectivity index (χ2v) is 15.4. The maximum atomic E-state index is 8.62. The zero-order chi connectivity index (χ0) is 48.6. The van der Waals surface area contributed by atoms with E-state index in [4.69, 9.17) is 61.9 Å². The predicted octanol–water partition coefficient (Wildman–Crippen LogP) is 6.14. The summed E-state index contributed by atoms with van der Waals surface area (Å²) in [5, 5.41) is 17.4. The number of nitrogens with zero attached hydrogens (tertiary/aromatic N) is 3. The summed E-state index contributed by atoms with van der Waals surface area (Å²) in [6, 6.07) is 40.3. The molecule has 0 radical (unpaired) electrons. The van der Waals surface area contributed by atoms with Gasteiger partial charge in [-0.25, -0.2) is 4.68 Å². The summed E-state index contributed by atoms with van der Waals surface area (Å²) in [6.45, 7) is 12.2. The van der Waals surface area contributed by atoms with E-state index in [1.807, 2.05) is 6.20 Å². The smallest absolute Gasteiger partial charge is 0.113 e. The van der Waals surface area contributed by atoms with Crippen LogP contribution in [0.3, 0.4) is 0 Å². The maximum absolute atomic E-state index is 8.62. The first kappa shape index (κ1) is 56.2. The molecule has 1 aromatic heterocycles. The molecular weight excluding hydrogens is 899 g/mol. The molecule has 0 unspecified atom stereocenters. The van der Waals surface area contributed by atoms with Gasteiger partial charge in [-0.3, -0.25) is 0 Å². The Morgan fingerprint density at radius 1 is 0.329 bits per heavy atom. The van der Waals surface area contributed by atoms with Crippen molar-refractivity contribution in [2.45, 2.75) is 6.54 Å². The summed E-state index contributed by atoms with van der Waals surface area (Å²) < 4.78 is 67.8. The molecular formula is C54H73N3O13. The van der Waals surface area contributed by atoms with Crippen LogP contribution >= 0.6 is 0 Å². The first-order chi connectivity index (χ1) is 34.8. The molecule has 16 heteroatoms. The van der Waals surface area contributed by atoms with Gasteiger partial charge in [0.2, 0.25) is 0 Å². The van der Waals surface area contributed by atoms with Gasteiger partial charge in [-0.2, -0.15) is 0 Å². The fourth-order valence-electron chi connectivity index (χ4n) is 6.82. The van der Waals surface area contributed by atoms with Gasteiger partial charge in [0, 0.05) is 5.56 Å². The molecule has 0 aliphatic heterocycles. The molecule has 16 nitrogen and oxygen atoms in total. The second-order valence-electron chi connectivity index (χ2n) is 15.4. The summed E-state index contributed by atoms with van der Waals surface area (Å²) in [6.07, 6.45) is 1.95. The molecule has 0 fully saturated rings. The zero-order valence-electron chi connectivity index (χ0n) is 40.6. The third kappa shape index (κ3) is 23.9. The van der Waals surface area contributed by atoms with E-state index in [0.717, 1.165) is 33.5 Å². The van der Waals surface area contributed by atoms with Crippen LogP contribution in [-0.2, 0) is 63.4 Å². The number of ether oxygens (including phenoxy) is 12. The number of aliphatic hydroxyl groups excluding tert-OH is 1. The average molecular weight is 972 g/mol. The van der Waals surface area contributed by atoms with Crippen LogP contribution in [0.4, 0.5) is 0 Å². The monoisotopic (exact) mass is 972 g/mol. The van der Waals surface area contributed by atoms with Gasteiger partial charge in [0.15, 0.2) is 0 Å². The van der Waals surface area contributed by atoms with Gasteiger partial charge in [0.05, 0.1) is 178 Å². The fourth-order valence-corrected chi connectivity index (χ4v) is 6.82. The highest BCUT2D eigenvalue weighted by Gasteiger charge is 2.16. The molecule has 0 amide bonds. The topological polar surface area (TPSA) is 162 Å². The van der Waals surface area contributed by atoms with Crippen LogP contribution in [0.15, 0.2) is 121 Å². The molecule has 0 saturated carbocycles. The summed E-state index contributed by atoms with van der Waals surface area (Å²) in [5.41, 5.74) is 8.73. The molecule has 70 heavy (non-hydrogen) atoms. The van der Waals surface area contributed by atoms with Crippen molar-refractivity contribution in [1.82, 2.24) is 15.0 Å². The van der Waals surface area contributed by atoms with Gasteiger partial charge in [0.25, 0.3) is 0 Å². The quantitative estimate of drug-likeness (QED) is 0.0350. The lowest BCUT2D eigenvalue weighted by Crippen LogP contribution is -2.15. The van der Waals surface area contributed by atoms with E-state index in [-0.39, 0.29) is 6.61 Å². The second kappa shape index (κ2) is 38.0. The van der Waals surface area contributed by atoms with E-state index < -0.39 is 0 Å². The highest BCUT2D eigenvalue weighted by atomic mass is 16.6. The van der Waals surface area contributed by atoms with Crippen molar-refractivity contribution >= 4 is 11.1 Å². The summed E-state index contributed by atoms with van der Waals surface area (Å²) in [4.78, 5) is 0. The molecule has 0 aliphatic rings. The Balaban J connectivity index is 0.791. The molecule has 382 valence electrons. The van der Waals surface area contributed by atoms with Crippen LogP contribution in [-0.4, -0.2) is 185 Å².